The minimum Gasteiger partial charge on any atom is -0.356 e. The Morgan fingerprint density at radius 3 is 2.92 bits per heavy atom. The van der Waals surface area contributed by atoms with Crippen LogP contribution in [0.2, 0.25) is 0 Å². The zero-order chi connectivity index (χ0) is 17.1. The third kappa shape index (κ3) is 3.45. The van der Waals surface area contributed by atoms with Crippen LogP contribution in [-0.4, -0.2) is 40.1 Å². The molecule has 2 aliphatic rings. The fourth-order valence-corrected chi connectivity index (χ4v) is 3.32. The van der Waals surface area contributed by atoms with Gasteiger partial charge in [-0.2, -0.15) is 0 Å². The molecule has 2 aromatic heterocycles. The van der Waals surface area contributed by atoms with Gasteiger partial charge in [0.15, 0.2) is 0 Å². The van der Waals surface area contributed by atoms with E-state index in [1.54, 1.807) is 24.8 Å². The van der Waals surface area contributed by atoms with Gasteiger partial charge in [-0.1, -0.05) is 12.2 Å². The highest BCUT2D eigenvalue weighted by Gasteiger charge is 2.24. The van der Waals surface area contributed by atoms with Crippen LogP contribution in [0.1, 0.15) is 24.1 Å². The monoisotopic (exact) mass is 336 g/mol. The first-order valence-corrected chi connectivity index (χ1v) is 8.52. The summed E-state index contributed by atoms with van der Waals surface area (Å²) in [5, 5.41) is 5.85. The minimum atomic E-state index is -0.183. The van der Waals surface area contributed by atoms with Gasteiger partial charge in [-0.25, -0.2) is 14.8 Å². The lowest BCUT2D eigenvalue weighted by Crippen LogP contribution is -2.46. The second-order valence-electron chi connectivity index (χ2n) is 6.27. The molecule has 2 N–H and O–H groups in total. The molecule has 1 aliphatic carbocycles. The molecular weight excluding hydrogens is 316 g/mol. The quantitative estimate of drug-likeness (QED) is 0.898. The maximum Gasteiger partial charge on any atom is 0.319 e. The average molecular weight is 336 g/mol. The largest absolute Gasteiger partial charge is 0.356 e. The number of aromatic nitrogens is 3. The summed E-state index contributed by atoms with van der Waals surface area (Å²) in [6, 6.07) is 3.59. The Balaban J connectivity index is 1.32. The van der Waals surface area contributed by atoms with Crippen LogP contribution >= 0.6 is 0 Å². The standard InChI is InChI=1S/C18H20N6O/c25-18(23-14-3-2-8-19-11-14)22-13-6-9-24(10-7-13)17-15-4-1-5-16(15)20-12-21-17/h1-4,8,11-13H,5-7,9-10H2,(H2,22,23,25). The van der Waals surface area contributed by atoms with E-state index in [-0.39, 0.29) is 12.1 Å². The predicted octanol–water partition coefficient (Wildman–Crippen LogP) is 2.23. The molecule has 2 amide bonds. The lowest BCUT2D eigenvalue weighted by Gasteiger charge is -2.33. The number of urea groups is 1. The first-order valence-electron chi connectivity index (χ1n) is 8.52. The molecule has 0 spiro atoms. The van der Waals surface area contributed by atoms with Crippen LogP contribution in [0.25, 0.3) is 6.08 Å². The van der Waals surface area contributed by atoms with E-state index in [4.69, 9.17) is 0 Å². The number of nitrogens with one attached hydrogen (secondary N) is 2. The highest BCUT2D eigenvalue weighted by molar-refractivity contribution is 5.89. The molecule has 1 aliphatic heterocycles. The molecule has 7 heteroatoms. The van der Waals surface area contributed by atoms with E-state index in [0.717, 1.165) is 49.4 Å². The molecule has 0 radical (unpaired) electrons. The Bertz CT molecular complexity index is 783. The summed E-state index contributed by atoms with van der Waals surface area (Å²) >= 11 is 0. The zero-order valence-electron chi connectivity index (χ0n) is 13.9. The molecule has 0 aromatic carbocycles. The van der Waals surface area contributed by atoms with Gasteiger partial charge in [0.2, 0.25) is 0 Å². The third-order valence-electron chi connectivity index (χ3n) is 4.59. The molecule has 0 atom stereocenters. The molecule has 128 valence electrons. The lowest BCUT2D eigenvalue weighted by molar-refractivity contribution is 0.246. The Morgan fingerprint density at radius 1 is 1.24 bits per heavy atom. The molecule has 0 saturated carbocycles. The average Bonchev–Trinajstić information content (AvgIpc) is 3.12. The second kappa shape index (κ2) is 6.88. The normalized spacial score (nSPS) is 16.6. The highest BCUT2D eigenvalue weighted by Crippen LogP contribution is 2.28. The van der Waals surface area contributed by atoms with Crippen LogP contribution < -0.4 is 15.5 Å². The van der Waals surface area contributed by atoms with Gasteiger partial charge in [0.05, 0.1) is 17.6 Å². The van der Waals surface area contributed by atoms with Crippen molar-refractivity contribution in [3.8, 4) is 0 Å². The molecule has 4 rings (SSSR count). The van der Waals surface area contributed by atoms with Crippen molar-refractivity contribution in [2.45, 2.75) is 25.3 Å². The Labute approximate surface area is 146 Å². The van der Waals surface area contributed by atoms with E-state index in [2.05, 4.69) is 42.6 Å². The molecule has 25 heavy (non-hydrogen) atoms. The van der Waals surface area contributed by atoms with Crippen molar-refractivity contribution in [1.82, 2.24) is 20.3 Å². The third-order valence-corrected chi connectivity index (χ3v) is 4.59. The topological polar surface area (TPSA) is 83.0 Å². The molecule has 3 heterocycles. The van der Waals surface area contributed by atoms with Gasteiger partial charge in [0.25, 0.3) is 0 Å². The molecule has 7 nitrogen and oxygen atoms in total. The van der Waals surface area contributed by atoms with Crippen LogP contribution in [-0.2, 0) is 6.42 Å². The number of hydrogen-bond donors (Lipinski definition) is 2. The number of rotatable bonds is 3. The Kier molecular flexibility index (Phi) is 4.28. The lowest BCUT2D eigenvalue weighted by atomic mass is 10.0. The molecule has 2 aromatic rings. The fraction of sp³-hybridized carbons (Fsp3) is 0.333. The van der Waals surface area contributed by atoms with Gasteiger partial charge in [-0.15, -0.1) is 0 Å². The van der Waals surface area contributed by atoms with Gasteiger partial charge in [-0.3, -0.25) is 4.98 Å². The maximum absolute atomic E-state index is 12.1. The van der Waals surface area contributed by atoms with E-state index in [0.29, 0.717) is 5.69 Å². The number of anilines is 2. The molecule has 0 bridgehead atoms. The van der Waals surface area contributed by atoms with Crippen molar-refractivity contribution in [3.05, 3.63) is 48.2 Å². The fourth-order valence-electron chi connectivity index (χ4n) is 3.32. The second-order valence-corrected chi connectivity index (χ2v) is 6.27. The van der Waals surface area contributed by atoms with E-state index in [9.17, 15) is 4.79 Å². The first kappa shape index (κ1) is 15.6. The summed E-state index contributed by atoms with van der Waals surface area (Å²) in [6.07, 6.45) is 11.9. The number of allylic oxidation sites excluding steroid dienone is 1. The number of carbonyl (C=O) groups excluding carboxylic acids is 1. The van der Waals surface area contributed by atoms with Gasteiger partial charge in [0.1, 0.15) is 12.1 Å². The summed E-state index contributed by atoms with van der Waals surface area (Å²) in [5.74, 6) is 1.01. The van der Waals surface area contributed by atoms with Crippen molar-refractivity contribution in [2.24, 2.45) is 0 Å². The number of nitrogens with zero attached hydrogens (tertiary/aromatic N) is 4. The van der Waals surface area contributed by atoms with Gasteiger partial charge < -0.3 is 15.5 Å². The summed E-state index contributed by atoms with van der Waals surface area (Å²) in [4.78, 5) is 27.2. The number of carbonyl (C=O) groups is 1. The van der Waals surface area contributed by atoms with Crippen LogP contribution in [0.4, 0.5) is 16.3 Å². The van der Waals surface area contributed by atoms with Crippen molar-refractivity contribution in [3.63, 3.8) is 0 Å². The van der Waals surface area contributed by atoms with E-state index in [1.165, 1.54) is 0 Å². The number of piperidine rings is 1. The Morgan fingerprint density at radius 2 is 2.12 bits per heavy atom. The van der Waals surface area contributed by atoms with Crippen LogP contribution in [0.3, 0.4) is 0 Å². The van der Waals surface area contributed by atoms with Gasteiger partial charge >= 0.3 is 6.03 Å². The van der Waals surface area contributed by atoms with E-state index in [1.807, 2.05) is 6.07 Å². The molecular formula is C18H20N6O. The van der Waals surface area contributed by atoms with E-state index < -0.39 is 0 Å². The number of amides is 2. The number of fused-ring (bicyclic) bond motifs is 1. The van der Waals surface area contributed by atoms with Crippen molar-refractivity contribution in [2.75, 3.05) is 23.3 Å². The van der Waals surface area contributed by atoms with E-state index >= 15 is 0 Å². The van der Waals surface area contributed by atoms with Gasteiger partial charge in [0, 0.05) is 37.3 Å². The van der Waals surface area contributed by atoms with Crippen LogP contribution in [0.5, 0.6) is 0 Å². The predicted molar refractivity (Wildman–Crippen MR) is 96.4 cm³/mol. The smallest absolute Gasteiger partial charge is 0.319 e. The highest BCUT2D eigenvalue weighted by atomic mass is 16.2. The maximum atomic E-state index is 12.1. The Hall–Kier alpha value is -2.96. The molecule has 0 unspecified atom stereocenters. The summed E-state index contributed by atoms with van der Waals surface area (Å²) in [7, 11) is 0. The van der Waals surface area contributed by atoms with Crippen molar-refractivity contribution < 1.29 is 4.79 Å². The SMILES string of the molecule is O=C(Nc1cccnc1)NC1CCN(c2ncnc3c2C=CC3)CC1. The van der Waals surface area contributed by atoms with Crippen molar-refractivity contribution in [1.29, 1.82) is 0 Å². The summed E-state index contributed by atoms with van der Waals surface area (Å²) < 4.78 is 0. The summed E-state index contributed by atoms with van der Waals surface area (Å²) in [6.45, 7) is 1.74. The number of hydrogen-bond acceptors (Lipinski definition) is 5. The minimum absolute atomic E-state index is 0.165. The molecule has 1 fully saturated rings. The first-order chi connectivity index (χ1) is 12.3. The molecule has 1 saturated heterocycles. The zero-order valence-corrected chi connectivity index (χ0v) is 13.9. The van der Waals surface area contributed by atoms with Crippen LogP contribution in [0, 0.1) is 0 Å². The van der Waals surface area contributed by atoms with Crippen LogP contribution in [0.15, 0.2) is 36.9 Å². The van der Waals surface area contributed by atoms with Gasteiger partial charge in [-0.05, 0) is 25.0 Å². The number of pyridine rings is 1. The summed E-state index contributed by atoms with van der Waals surface area (Å²) in [5.41, 5.74) is 2.94. The van der Waals surface area contributed by atoms with Crippen molar-refractivity contribution >= 4 is 23.6 Å².